The average Bonchev–Trinajstić information content (AvgIpc) is 2.26. The van der Waals surface area contributed by atoms with E-state index in [9.17, 15) is 9.90 Å². The van der Waals surface area contributed by atoms with E-state index in [1.165, 1.54) is 0 Å². The molecule has 1 amide bonds. The second kappa shape index (κ2) is 5.27. The largest absolute Gasteiger partial charge is 0.388 e. The maximum Gasteiger partial charge on any atom is 0.270 e. The van der Waals surface area contributed by atoms with Crippen molar-refractivity contribution in [2.75, 3.05) is 6.54 Å². The van der Waals surface area contributed by atoms with Crippen LogP contribution in [0.5, 0.6) is 0 Å². The van der Waals surface area contributed by atoms with Gasteiger partial charge in [0, 0.05) is 6.54 Å². The van der Waals surface area contributed by atoms with Gasteiger partial charge in [-0.2, -0.15) is 0 Å². The van der Waals surface area contributed by atoms with Crippen LogP contribution in [0.25, 0.3) is 0 Å². The van der Waals surface area contributed by atoms with Gasteiger partial charge < -0.3 is 10.4 Å². The monoisotopic (exact) mass is 242 g/mol. The minimum atomic E-state index is -0.895. The zero-order valence-corrected chi connectivity index (χ0v) is 10.1. The molecule has 0 fully saturated rings. The van der Waals surface area contributed by atoms with E-state index in [1.54, 1.807) is 25.1 Å². The molecule has 1 unspecified atom stereocenters. The lowest BCUT2D eigenvalue weighted by Crippen LogP contribution is -2.40. The summed E-state index contributed by atoms with van der Waals surface area (Å²) < 4.78 is 0. The van der Waals surface area contributed by atoms with Gasteiger partial charge in [0.2, 0.25) is 0 Å². The summed E-state index contributed by atoms with van der Waals surface area (Å²) in [5.74, 6) is -0.337. The highest BCUT2D eigenvalue weighted by Gasteiger charge is 2.19. The number of nitrogens with zero attached hydrogens (tertiary/aromatic N) is 1. The number of carbonyl (C=O) groups excluding carboxylic acids is 1. The maximum atomic E-state index is 11.6. The molecule has 16 heavy (non-hydrogen) atoms. The molecule has 0 aliphatic heterocycles. The number of carbonyl (C=O) groups is 1. The normalized spacial score (nSPS) is 14.2. The Bertz CT molecular complexity index is 380. The minimum absolute atomic E-state index is 0.191. The Kier molecular flexibility index (Phi) is 4.26. The van der Waals surface area contributed by atoms with Gasteiger partial charge >= 0.3 is 0 Å². The number of aromatic nitrogens is 1. The molecule has 0 saturated carbocycles. The van der Waals surface area contributed by atoms with Crippen molar-refractivity contribution in [3.05, 3.63) is 29.0 Å². The fourth-order valence-corrected chi connectivity index (χ4v) is 1.18. The number of pyridine rings is 1. The molecule has 88 valence electrons. The Hall–Kier alpha value is -1.13. The van der Waals surface area contributed by atoms with Crippen molar-refractivity contribution >= 4 is 17.5 Å². The molecule has 2 N–H and O–H groups in total. The summed E-state index contributed by atoms with van der Waals surface area (Å²) in [4.78, 5) is 15.5. The molecule has 1 heterocycles. The third kappa shape index (κ3) is 3.79. The lowest BCUT2D eigenvalue weighted by atomic mass is 10.0. The summed E-state index contributed by atoms with van der Waals surface area (Å²) in [6, 6.07) is 4.82. The first kappa shape index (κ1) is 12.9. The summed E-state index contributed by atoms with van der Waals surface area (Å²) in [7, 11) is 0. The van der Waals surface area contributed by atoms with Crippen LogP contribution in [0.1, 0.15) is 30.8 Å². The van der Waals surface area contributed by atoms with E-state index in [4.69, 9.17) is 11.6 Å². The Balaban J connectivity index is 2.60. The number of nitrogens with one attached hydrogen (secondary N) is 1. The highest BCUT2D eigenvalue weighted by atomic mass is 35.5. The highest BCUT2D eigenvalue weighted by molar-refractivity contribution is 6.29. The molecule has 0 radical (unpaired) electrons. The highest BCUT2D eigenvalue weighted by Crippen LogP contribution is 2.08. The standard InChI is InChI=1S/C11H15ClN2O2/c1-3-11(2,16)7-13-10(15)8-5-4-6-9(12)14-8/h4-6,16H,3,7H2,1-2H3,(H,13,15). The van der Waals surface area contributed by atoms with Gasteiger partial charge in [-0.05, 0) is 25.5 Å². The predicted octanol–water partition coefficient (Wildman–Crippen LogP) is 1.63. The quantitative estimate of drug-likeness (QED) is 0.789. The van der Waals surface area contributed by atoms with E-state index in [2.05, 4.69) is 10.3 Å². The van der Waals surface area contributed by atoms with Crippen LogP contribution >= 0.6 is 11.6 Å². The van der Waals surface area contributed by atoms with E-state index in [0.717, 1.165) is 0 Å². The Morgan fingerprint density at radius 1 is 1.62 bits per heavy atom. The van der Waals surface area contributed by atoms with Crippen molar-refractivity contribution in [3.63, 3.8) is 0 Å². The fraction of sp³-hybridized carbons (Fsp3) is 0.455. The van der Waals surface area contributed by atoms with Crippen LogP contribution in [0.2, 0.25) is 5.15 Å². The van der Waals surface area contributed by atoms with Crippen LogP contribution in [0.3, 0.4) is 0 Å². The molecule has 1 aromatic heterocycles. The van der Waals surface area contributed by atoms with Crippen LogP contribution in [0, 0.1) is 0 Å². The van der Waals surface area contributed by atoms with Gasteiger partial charge in [-0.3, -0.25) is 4.79 Å². The van der Waals surface area contributed by atoms with Crippen LogP contribution in [0.4, 0.5) is 0 Å². The second-order valence-corrected chi connectivity index (χ2v) is 4.27. The van der Waals surface area contributed by atoms with Gasteiger partial charge in [0.05, 0.1) is 5.60 Å². The molecule has 0 aliphatic rings. The molecule has 0 saturated heterocycles. The molecule has 0 aromatic carbocycles. The molecule has 4 nitrogen and oxygen atoms in total. The number of hydrogen-bond donors (Lipinski definition) is 2. The van der Waals surface area contributed by atoms with E-state index in [1.807, 2.05) is 6.92 Å². The van der Waals surface area contributed by atoms with Crippen molar-refractivity contribution in [1.29, 1.82) is 0 Å². The molecular formula is C11H15ClN2O2. The van der Waals surface area contributed by atoms with Gasteiger partial charge in [0.15, 0.2) is 0 Å². The summed E-state index contributed by atoms with van der Waals surface area (Å²) in [5.41, 5.74) is -0.645. The van der Waals surface area contributed by atoms with Gasteiger partial charge in [-0.25, -0.2) is 4.98 Å². The molecule has 1 atom stereocenters. The topological polar surface area (TPSA) is 62.2 Å². The number of halogens is 1. The van der Waals surface area contributed by atoms with Crippen molar-refractivity contribution in [2.24, 2.45) is 0 Å². The Morgan fingerprint density at radius 3 is 2.88 bits per heavy atom. The Labute approximate surface area is 99.6 Å². The number of hydrogen-bond acceptors (Lipinski definition) is 3. The minimum Gasteiger partial charge on any atom is -0.388 e. The van der Waals surface area contributed by atoms with Crippen LogP contribution in [-0.2, 0) is 0 Å². The van der Waals surface area contributed by atoms with Crippen LogP contribution < -0.4 is 5.32 Å². The third-order valence-corrected chi connectivity index (χ3v) is 2.55. The second-order valence-electron chi connectivity index (χ2n) is 3.88. The Morgan fingerprint density at radius 2 is 2.31 bits per heavy atom. The molecule has 1 rings (SSSR count). The average molecular weight is 243 g/mol. The number of amides is 1. The molecule has 0 aliphatic carbocycles. The summed E-state index contributed by atoms with van der Waals surface area (Å²) in [5, 5.41) is 12.6. The SMILES string of the molecule is CCC(C)(O)CNC(=O)c1cccc(Cl)n1. The van der Waals surface area contributed by atoms with Gasteiger partial charge in [-0.15, -0.1) is 0 Å². The zero-order valence-electron chi connectivity index (χ0n) is 9.33. The molecule has 0 bridgehead atoms. The molecule has 0 spiro atoms. The third-order valence-electron chi connectivity index (χ3n) is 2.34. The first-order chi connectivity index (χ1) is 7.44. The summed E-state index contributed by atoms with van der Waals surface area (Å²) in [6.45, 7) is 3.71. The summed E-state index contributed by atoms with van der Waals surface area (Å²) >= 11 is 5.67. The number of aliphatic hydroxyl groups is 1. The first-order valence-corrected chi connectivity index (χ1v) is 5.45. The fourth-order valence-electron chi connectivity index (χ4n) is 1.02. The van der Waals surface area contributed by atoms with Gasteiger partial charge in [0.25, 0.3) is 5.91 Å². The predicted molar refractivity (Wildman–Crippen MR) is 62.5 cm³/mol. The smallest absolute Gasteiger partial charge is 0.270 e. The van der Waals surface area contributed by atoms with Gasteiger partial charge in [-0.1, -0.05) is 24.6 Å². The van der Waals surface area contributed by atoms with Crippen LogP contribution in [-0.4, -0.2) is 28.1 Å². The molecule has 1 aromatic rings. The lowest BCUT2D eigenvalue weighted by Gasteiger charge is -2.21. The molecule has 5 heteroatoms. The molecular weight excluding hydrogens is 228 g/mol. The first-order valence-electron chi connectivity index (χ1n) is 5.08. The van der Waals surface area contributed by atoms with E-state index in [-0.39, 0.29) is 23.3 Å². The van der Waals surface area contributed by atoms with Crippen LogP contribution in [0.15, 0.2) is 18.2 Å². The van der Waals surface area contributed by atoms with Gasteiger partial charge in [0.1, 0.15) is 10.8 Å². The van der Waals surface area contributed by atoms with Crippen molar-refractivity contribution in [1.82, 2.24) is 10.3 Å². The van der Waals surface area contributed by atoms with E-state index < -0.39 is 5.60 Å². The van der Waals surface area contributed by atoms with Crippen molar-refractivity contribution in [2.45, 2.75) is 25.9 Å². The van der Waals surface area contributed by atoms with Crippen molar-refractivity contribution < 1.29 is 9.90 Å². The number of rotatable bonds is 4. The zero-order chi connectivity index (χ0) is 12.2. The maximum absolute atomic E-state index is 11.6. The lowest BCUT2D eigenvalue weighted by molar-refractivity contribution is 0.0517. The summed E-state index contributed by atoms with van der Waals surface area (Å²) in [6.07, 6.45) is 0.566. The van der Waals surface area contributed by atoms with E-state index in [0.29, 0.717) is 6.42 Å². The van der Waals surface area contributed by atoms with Crippen molar-refractivity contribution in [3.8, 4) is 0 Å². The van der Waals surface area contributed by atoms with E-state index >= 15 is 0 Å².